The summed E-state index contributed by atoms with van der Waals surface area (Å²) in [5, 5.41) is 11.9. The largest absolute Gasteiger partial charge is 0.355 e. The van der Waals surface area contributed by atoms with Crippen molar-refractivity contribution in [2.24, 2.45) is 0 Å². The Balaban J connectivity index is 2.07. The van der Waals surface area contributed by atoms with Crippen LogP contribution < -0.4 is 5.32 Å². The summed E-state index contributed by atoms with van der Waals surface area (Å²) in [6.07, 6.45) is 7.81. The van der Waals surface area contributed by atoms with Crippen LogP contribution in [0.15, 0.2) is 0 Å². The molecule has 2 aliphatic rings. The van der Waals surface area contributed by atoms with Crippen molar-refractivity contribution in [2.75, 3.05) is 13.1 Å². The number of nitrogens with zero attached hydrogens (tertiary/aromatic N) is 2. The van der Waals surface area contributed by atoms with E-state index in [1.807, 2.05) is 0 Å². The molecule has 2 rings (SSSR count). The first-order valence-corrected chi connectivity index (χ1v) is 6.73. The predicted octanol–water partition coefficient (Wildman–Crippen LogP) is 1.42. The average molecular weight is 235 g/mol. The molecule has 0 radical (unpaired) electrons. The predicted molar refractivity (Wildman–Crippen MR) is 65.2 cm³/mol. The van der Waals surface area contributed by atoms with E-state index in [2.05, 4.69) is 16.3 Å². The molecule has 1 N–H and O–H groups in total. The fraction of sp³-hybridized carbons (Fsp3) is 0.846. The van der Waals surface area contributed by atoms with Gasteiger partial charge in [-0.3, -0.25) is 9.69 Å². The summed E-state index contributed by atoms with van der Waals surface area (Å²) in [7, 11) is 0. The first kappa shape index (κ1) is 12.4. The minimum atomic E-state index is -0.0692. The van der Waals surface area contributed by atoms with Gasteiger partial charge in [0.25, 0.3) is 0 Å². The molecule has 0 bridgehead atoms. The van der Waals surface area contributed by atoms with E-state index in [-0.39, 0.29) is 11.9 Å². The molecule has 1 amide bonds. The van der Waals surface area contributed by atoms with Gasteiger partial charge in [0.05, 0.1) is 18.7 Å². The van der Waals surface area contributed by atoms with E-state index in [0.29, 0.717) is 12.6 Å². The quantitative estimate of drug-likeness (QED) is 0.753. The van der Waals surface area contributed by atoms with E-state index in [0.717, 1.165) is 38.6 Å². The Hall–Kier alpha value is -1.08. The number of nitriles is 1. The Morgan fingerprint density at radius 1 is 1.24 bits per heavy atom. The Morgan fingerprint density at radius 2 is 1.94 bits per heavy atom. The molecular formula is C13H21N3O. The standard InChI is InChI=1S/C13H21N3O/c14-8-10-16(11-5-1-2-6-11)12-7-3-4-9-15-13(12)17/h11-12H,1-7,9-10H2,(H,15,17). The molecule has 0 spiro atoms. The lowest BCUT2D eigenvalue weighted by Crippen LogP contribution is -2.49. The average Bonchev–Trinajstić information content (AvgIpc) is 2.77. The van der Waals surface area contributed by atoms with Crippen LogP contribution in [0.1, 0.15) is 44.9 Å². The molecule has 94 valence electrons. The zero-order valence-electron chi connectivity index (χ0n) is 10.3. The highest BCUT2D eigenvalue weighted by Crippen LogP contribution is 2.26. The van der Waals surface area contributed by atoms with Crippen molar-refractivity contribution in [3.05, 3.63) is 0 Å². The summed E-state index contributed by atoms with van der Waals surface area (Å²) in [6.45, 7) is 1.18. The third kappa shape index (κ3) is 2.98. The van der Waals surface area contributed by atoms with Gasteiger partial charge >= 0.3 is 0 Å². The Bertz CT molecular complexity index is 304. The molecule has 1 heterocycles. The van der Waals surface area contributed by atoms with Gasteiger partial charge in [0.1, 0.15) is 0 Å². The molecule has 1 atom stereocenters. The molecule has 0 aromatic rings. The molecule has 1 aliphatic carbocycles. The highest BCUT2D eigenvalue weighted by atomic mass is 16.2. The van der Waals surface area contributed by atoms with Gasteiger partial charge in [-0.2, -0.15) is 5.26 Å². The van der Waals surface area contributed by atoms with E-state index in [4.69, 9.17) is 5.26 Å². The molecule has 1 saturated carbocycles. The fourth-order valence-corrected chi connectivity index (χ4v) is 3.05. The number of rotatable bonds is 3. The van der Waals surface area contributed by atoms with Gasteiger partial charge in [0.2, 0.25) is 5.91 Å². The van der Waals surface area contributed by atoms with Gasteiger partial charge in [-0.15, -0.1) is 0 Å². The van der Waals surface area contributed by atoms with Gasteiger partial charge < -0.3 is 5.32 Å². The first-order valence-electron chi connectivity index (χ1n) is 6.73. The molecule has 1 unspecified atom stereocenters. The van der Waals surface area contributed by atoms with Crippen LogP contribution in [0.3, 0.4) is 0 Å². The summed E-state index contributed by atoms with van der Waals surface area (Å²) >= 11 is 0. The van der Waals surface area contributed by atoms with Crippen molar-refractivity contribution in [1.29, 1.82) is 5.26 Å². The minimum Gasteiger partial charge on any atom is -0.355 e. The smallest absolute Gasteiger partial charge is 0.237 e. The maximum atomic E-state index is 12.0. The Morgan fingerprint density at radius 3 is 2.65 bits per heavy atom. The molecular weight excluding hydrogens is 214 g/mol. The van der Waals surface area contributed by atoms with Crippen molar-refractivity contribution < 1.29 is 4.79 Å². The molecule has 17 heavy (non-hydrogen) atoms. The van der Waals surface area contributed by atoms with Crippen LogP contribution in [-0.4, -0.2) is 36.0 Å². The molecule has 0 aromatic carbocycles. The van der Waals surface area contributed by atoms with Crippen molar-refractivity contribution >= 4 is 5.91 Å². The van der Waals surface area contributed by atoms with Crippen LogP contribution in [-0.2, 0) is 4.79 Å². The Labute approximate surface area is 103 Å². The number of hydrogen-bond acceptors (Lipinski definition) is 3. The van der Waals surface area contributed by atoms with Crippen LogP contribution in [0.4, 0.5) is 0 Å². The van der Waals surface area contributed by atoms with Gasteiger partial charge in [-0.1, -0.05) is 12.8 Å². The summed E-state index contributed by atoms with van der Waals surface area (Å²) < 4.78 is 0. The molecule has 4 heteroatoms. The van der Waals surface area contributed by atoms with E-state index >= 15 is 0 Å². The molecule has 2 fully saturated rings. The van der Waals surface area contributed by atoms with Crippen LogP contribution in [0.2, 0.25) is 0 Å². The maximum Gasteiger partial charge on any atom is 0.237 e. The summed E-state index contributed by atoms with van der Waals surface area (Å²) in [4.78, 5) is 14.2. The second-order valence-electron chi connectivity index (χ2n) is 5.07. The van der Waals surface area contributed by atoms with Crippen molar-refractivity contribution in [3.8, 4) is 6.07 Å². The number of carbonyl (C=O) groups is 1. The van der Waals surface area contributed by atoms with E-state index in [9.17, 15) is 4.79 Å². The number of amides is 1. The number of carbonyl (C=O) groups excluding carboxylic acids is 1. The lowest BCUT2D eigenvalue weighted by Gasteiger charge is -2.32. The summed E-state index contributed by atoms with van der Waals surface area (Å²) in [6, 6.07) is 2.61. The van der Waals surface area contributed by atoms with Gasteiger partial charge in [0.15, 0.2) is 0 Å². The number of hydrogen-bond donors (Lipinski definition) is 1. The van der Waals surface area contributed by atoms with Crippen LogP contribution >= 0.6 is 0 Å². The van der Waals surface area contributed by atoms with Gasteiger partial charge in [-0.05, 0) is 32.1 Å². The Kier molecular flexibility index (Phi) is 4.38. The lowest BCUT2D eigenvalue weighted by atomic mass is 10.1. The second-order valence-corrected chi connectivity index (χ2v) is 5.07. The normalized spacial score (nSPS) is 26.6. The molecule has 4 nitrogen and oxygen atoms in total. The highest BCUT2D eigenvalue weighted by molar-refractivity contribution is 5.82. The third-order valence-electron chi connectivity index (χ3n) is 3.95. The van der Waals surface area contributed by atoms with Gasteiger partial charge in [-0.25, -0.2) is 0 Å². The van der Waals surface area contributed by atoms with Crippen LogP contribution in [0, 0.1) is 11.3 Å². The lowest BCUT2D eigenvalue weighted by molar-refractivity contribution is -0.126. The van der Waals surface area contributed by atoms with Crippen LogP contribution in [0.25, 0.3) is 0 Å². The molecule has 1 saturated heterocycles. The zero-order valence-corrected chi connectivity index (χ0v) is 10.3. The highest BCUT2D eigenvalue weighted by Gasteiger charge is 2.33. The molecule has 0 aromatic heterocycles. The summed E-state index contributed by atoms with van der Waals surface area (Å²) in [5.74, 6) is 0.129. The van der Waals surface area contributed by atoms with Crippen molar-refractivity contribution in [3.63, 3.8) is 0 Å². The van der Waals surface area contributed by atoms with Crippen molar-refractivity contribution in [1.82, 2.24) is 10.2 Å². The molecule has 1 aliphatic heterocycles. The second kappa shape index (κ2) is 6.02. The maximum absolute atomic E-state index is 12.0. The first-order chi connectivity index (χ1) is 8.33. The minimum absolute atomic E-state index is 0.0692. The third-order valence-corrected chi connectivity index (χ3v) is 3.95. The van der Waals surface area contributed by atoms with E-state index < -0.39 is 0 Å². The van der Waals surface area contributed by atoms with Gasteiger partial charge in [0, 0.05) is 12.6 Å². The zero-order chi connectivity index (χ0) is 12.1. The van der Waals surface area contributed by atoms with E-state index in [1.165, 1.54) is 12.8 Å². The SMILES string of the molecule is N#CCN(C1CCCC1)C1CCCCNC1=O. The van der Waals surface area contributed by atoms with Crippen LogP contribution in [0.5, 0.6) is 0 Å². The van der Waals surface area contributed by atoms with Crippen molar-refractivity contribution in [2.45, 2.75) is 57.0 Å². The van der Waals surface area contributed by atoms with E-state index in [1.54, 1.807) is 0 Å². The fourth-order valence-electron chi connectivity index (χ4n) is 3.05. The monoisotopic (exact) mass is 235 g/mol. The number of nitrogens with one attached hydrogen (secondary N) is 1. The summed E-state index contributed by atoms with van der Waals surface area (Å²) in [5.41, 5.74) is 0. The topological polar surface area (TPSA) is 56.1 Å².